The zero-order valence-corrected chi connectivity index (χ0v) is 16.8. The van der Waals surface area contributed by atoms with Gasteiger partial charge >= 0.3 is 0 Å². The summed E-state index contributed by atoms with van der Waals surface area (Å²) < 4.78 is 24.6. The van der Waals surface area contributed by atoms with Gasteiger partial charge in [-0.05, 0) is 12.1 Å². The number of halogens is 1. The van der Waals surface area contributed by atoms with Crippen molar-refractivity contribution >= 4 is 73.0 Å². The van der Waals surface area contributed by atoms with Gasteiger partial charge in [-0.25, -0.2) is 8.42 Å². The van der Waals surface area contributed by atoms with Gasteiger partial charge in [-0.2, -0.15) is 0 Å². The van der Waals surface area contributed by atoms with Crippen molar-refractivity contribution in [2.45, 2.75) is 4.90 Å². The summed E-state index contributed by atoms with van der Waals surface area (Å²) in [5, 5.41) is 11.0. The third-order valence-corrected chi connectivity index (χ3v) is 7.53. The Morgan fingerprint density at radius 3 is 2.24 bits per heavy atom. The number of aromatic amines is 1. The quantitative estimate of drug-likeness (QED) is 0.231. The number of phenolic OH excluding ortho intramolecular Hbond substituents is 1. The normalized spacial score (nSPS) is 12.3. The van der Waals surface area contributed by atoms with Crippen LogP contribution in [0, 0.1) is 0 Å². The third-order valence-electron chi connectivity index (χ3n) is 4.85. The molecule has 6 nitrogen and oxygen atoms in total. The van der Waals surface area contributed by atoms with E-state index < -0.39 is 14.5 Å². The largest absolute Gasteiger partial charge is 0.507 e. The second-order valence-corrected chi connectivity index (χ2v) is 10.1. The molecule has 1 heterocycles. The first-order valence-electron chi connectivity index (χ1n) is 8.38. The van der Waals surface area contributed by atoms with E-state index in [0.717, 1.165) is 11.3 Å². The van der Waals surface area contributed by atoms with E-state index in [1.807, 2.05) is 0 Å². The van der Waals surface area contributed by atoms with Crippen LogP contribution in [0.5, 0.6) is 5.75 Å². The topological polar surface area (TPSA) is 104 Å². The van der Waals surface area contributed by atoms with E-state index in [9.17, 15) is 23.1 Å². The van der Waals surface area contributed by atoms with Gasteiger partial charge in [0.2, 0.25) is 0 Å². The molecule has 0 saturated carbocycles. The van der Waals surface area contributed by atoms with Gasteiger partial charge in [-0.3, -0.25) is 9.59 Å². The van der Waals surface area contributed by atoms with E-state index in [0.29, 0.717) is 20.4 Å². The maximum atomic E-state index is 13.2. The lowest BCUT2D eigenvalue weighted by atomic mass is 10.0. The second kappa shape index (κ2) is 6.03. The van der Waals surface area contributed by atoms with Crippen molar-refractivity contribution < 1.29 is 13.5 Å². The zero-order chi connectivity index (χ0) is 20.5. The second-order valence-electron chi connectivity index (χ2n) is 6.52. The summed E-state index contributed by atoms with van der Waals surface area (Å²) in [5.74, 6) is -0.337. The third kappa shape index (κ3) is 2.57. The van der Waals surface area contributed by atoms with Crippen molar-refractivity contribution in [1.29, 1.82) is 0 Å². The van der Waals surface area contributed by atoms with Crippen molar-refractivity contribution in [3.05, 3.63) is 69.0 Å². The van der Waals surface area contributed by atoms with Crippen LogP contribution in [0.15, 0.2) is 63.0 Å². The molecule has 5 aromatic rings. The Kier molecular flexibility index (Phi) is 3.76. The van der Waals surface area contributed by atoms with E-state index in [4.69, 9.17) is 10.7 Å². The fraction of sp³-hybridized carbons (Fsp3) is 0. The van der Waals surface area contributed by atoms with Gasteiger partial charge < -0.3 is 10.1 Å². The van der Waals surface area contributed by atoms with Crippen molar-refractivity contribution in [2.75, 3.05) is 0 Å². The minimum Gasteiger partial charge on any atom is -0.507 e. The molecular weight excluding hydrogens is 434 g/mol. The van der Waals surface area contributed by atoms with Gasteiger partial charge in [0, 0.05) is 27.5 Å². The highest BCUT2D eigenvalue weighted by atomic mass is 35.7. The molecule has 0 aliphatic carbocycles. The lowest BCUT2D eigenvalue weighted by molar-refractivity contribution is 0.482. The molecule has 0 fully saturated rings. The molecule has 0 bridgehead atoms. The fourth-order valence-corrected chi connectivity index (χ4v) is 6.20. The van der Waals surface area contributed by atoms with Crippen LogP contribution in [-0.4, -0.2) is 18.5 Å². The lowest BCUT2D eigenvalue weighted by Crippen LogP contribution is -2.13. The standard InChI is InChI=1S/C20H10ClNO5S2/c21-29(26,27)14-7-3-6-11-20(14)28-13-8-12(23)15-16(17(13)22-11)19(25)10-5-2-1-4-9(10)18(15)24/h1-8,22-23H. The van der Waals surface area contributed by atoms with Crippen LogP contribution in [-0.2, 0) is 9.05 Å². The molecule has 144 valence electrons. The van der Waals surface area contributed by atoms with E-state index in [1.54, 1.807) is 30.3 Å². The van der Waals surface area contributed by atoms with Crippen molar-refractivity contribution in [3.63, 3.8) is 0 Å². The molecule has 2 N–H and O–H groups in total. The average molecular weight is 444 g/mol. The molecule has 0 aliphatic heterocycles. The van der Waals surface area contributed by atoms with Crippen LogP contribution in [0.25, 0.3) is 42.0 Å². The van der Waals surface area contributed by atoms with Crippen LogP contribution in [0.4, 0.5) is 0 Å². The number of fused-ring (bicyclic) bond motifs is 5. The summed E-state index contributed by atoms with van der Waals surface area (Å²) in [5.41, 5.74) is -0.0336. The Morgan fingerprint density at radius 2 is 1.59 bits per heavy atom. The zero-order valence-electron chi connectivity index (χ0n) is 14.4. The van der Waals surface area contributed by atoms with Gasteiger partial charge in [-0.1, -0.05) is 30.3 Å². The van der Waals surface area contributed by atoms with Gasteiger partial charge in [-0.15, -0.1) is 11.3 Å². The highest BCUT2D eigenvalue weighted by molar-refractivity contribution is 8.14. The first-order chi connectivity index (χ1) is 13.8. The van der Waals surface area contributed by atoms with Gasteiger partial charge in [0.05, 0.1) is 31.2 Å². The number of aromatic nitrogens is 1. The first kappa shape index (κ1) is 18.1. The molecular formula is C20H10ClNO5S2. The molecule has 29 heavy (non-hydrogen) atoms. The molecule has 5 rings (SSSR count). The van der Waals surface area contributed by atoms with E-state index in [1.165, 1.54) is 18.2 Å². The van der Waals surface area contributed by atoms with Crippen molar-refractivity contribution in [2.24, 2.45) is 0 Å². The summed E-state index contributed by atoms with van der Waals surface area (Å²) >= 11 is 1.06. The minimum atomic E-state index is -4.01. The summed E-state index contributed by atoms with van der Waals surface area (Å²) in [6.45, 7) is 0. The van der Waals surface area contributed by atoms with Gasteiger partial charge in [0.1, 0.15) is 10.6 Å². The summed E-state index contributed by atoms with van der Waals surface area (Å²) in [4.78, 5) is 29.1. The number of phenols is 1. The molecule has 0 saturated heterocycles. The van der Waals surface area contributed by atoms with Gasteiger partial charge in [0.25, 0.3) is 9.05 Å². The summed E-state index contributed by atoms with van der Waals surface area (Å²) in [6.07, 6.45) is 0. The molecule has 0 amide bonds. The molecule has 0 atom stereocenters. The summed E-state index contributed by atoms with van der Waals surface area (Å²) in [7, 11) is 1.54. The molecule has 0 radical (unpaired) electrons. The lowest BCUT2D eigenvalue weighted by Gasteiger charge is -2.10. The predicted molar refractivity (Wildman–Crippen MR) is 116 cm³/mol. The molecule has 1 aromatic heterocycles. The van der Waals surface area contributed by atoms with Crippen LogP contribution in [0.1, 0.15) is 0 Å². The number of benzene rings is 4. The van der Waals surface area contributed by atoms with Gasteiger partial charge in [0.15, 0.2) is 10.9 Å². The fourth-order valence-electron chi connectivity index (χ4n) is 3.61. The smallest absolute Gasteiger partial charge is 0.262 e. The maximum Gasteiger partial charge on any atom is 0.262 e. The van der Waals surface area contributed by atoms with E-state index in [-0.39, 0.29) is 37.6 Å². The van der Waals surface area contributed by atoms with E-state index >= 15 is 0 Å². The number of rotatable bonds is 1. The molecule has 0 unspecified atom stereocenters. The molecule has 0 aliphatic rings. The Balaban J connectivity index is 2.10. The van der Waals surface area contributed by atoms with Crippen molar-refractivity contribution in [3.8, 4) is 5.75 Å². The molecule has 4 aromatic carbocycles. The Bertz CT molecular complexity index is 1740. The average Bonchev–Trinajstić information content (AvgIpc) is 2.68. The molecule has 0 spiro atoms. The Hall–Kier alpha value is -2.94. The minimum absolute atomic E-state index is 0.0647. The Morgan fingerprint density at radius 1 is 0.931 bits per heavy atom. The maximum absolute atomic E-state index is 13.2. The Labute approximate surface area is 171 Å². The number of hydrogen-bond acceptors (Lipinski definition) is 6. The SMILES string of the molecule is O=c1c2ccccc2c(=O)c2c1c(O)cc1sc3c(S(=O)(=O)Cl)cccc3[nH]c12. The summed E-state index contributed by atoms with van der Waals surface area (Å²) in [6, 6.07) is 12.3. The highest BCUT2D eigenvalue weighted by Gasteiger charge is 2.20. The first-order valence-corrected chi connectivity index (χ1v) is 11.5. The van der Waals surface area contributed by atoms with Crippen molar-refractivity contribution in [1.82, 2.24) is 4.98 Å². The monoisotopic (exact) mass is 443 g/mol. The predicted octanol–water partition coefficient (Wildman–Crippen LogP) is 4.04. The van der Waals surface area contributed by atoms with Crippen LogP contribution in [0.3, 0.4) is 0 Å². The van der Waals surface area contributed by atoms with Crippen LogP contribution < -0.4 is 10.9 Å². The number of H-pyrrole nitrogens is 1. The van der Waals surface area contributed by atoms with E-state index in [2.05, 4.69) is 4.98 Å². The number of aromatic hydroxyl groups is 1. The number of hydrogen-bond donors (Lipinski definition) is 2. The van der Waals surface area contributed by atoms with Crippen LogP contribution in [0.2, 0.25) is 0 Å². The van der Waals surface area contributed by atoms with Crippen LogP contribution >= 0.6 is 22.0 Å². The highest BCUT2D eigenvalue weighted by Crippen LogP contribution is 2.37. The number of nitrogens with one attached hydrogen (secondary N) is 1. The molecule has 9 heteroatoms.